The number of pyridine rings is 1. The molecule has 0 saturated carbocycles. The monoisotopic (exact) mass is 460 g/mol. The average molecular weight is 461 g/mol. The summed E-state index contributed by atoms with van der Waals surface area (Å²) in [6.07, 6.45) is 3.87. The maximum Gasteiger partial charge on any atom is 0.174 e. The van der Waals surface area contributed by atoms with E-state index < -0.39 is 0 Å². The van der Waals surface area contributed by atoms with Crippen molar-refractivity contribution in [2.24, 2.45) is 0 Å². The summed E-state index contributed by atoms with van der Waals surface area (Å²) in [5, 5.41) is 4.83. The molecule has 2 aromatic carbocycles. The fourth-order valence-electron chi connectivity index (χ4n) is 4.15. The molecule has 3 heterocycles. The van der Waals surface area contributed by atoms with Crippen LogP contribution in [0, 0.1) is 0 Å². The predicted molar refractivity (Wildman–Crippen MR) is 132 cm³/mol. The number of anilines is 1. The summed E-state index contributed by atoms with van der Waals surface area (Å²) in [7, 11) is 1.67. The van der Waals surface area contributed by atoms with Gasteiger partial charge in [0, 0.05) is 34.5 Å². The Morgan fingerprint density at radius 2 is 1.69 bits per heavy atom. The van der Waals surface area contributed by atoms with Crippen molar-refractivity contribution in [3.8, 4) is 11.4 Å². The summed E-state index contributed by atoms with van der Waals surface area (Å²) in [6, 6.07) is 25.7. The van der Waals surface area contributed by atoms with E-state index in [0.717, 1.165) is 28.5 Å². The van der Waals surface area contributed by atoms with Gasteiger partial charge < -0.3 is 19.5 Å². The number of hydrogen-bond donors (Lipinski definition) is 1. The number of halogens is 1. The van der Waals surface area contributed by atoms with E-state index in [0.29, 0.717) is 10.1 Å². The minimum absolute atomic E-state index is 0.115. The molecule has 5 nitrogen and oxygen atoms in total. The van der Waals surface area contributed by atoms with Crippen molar-refractivity contribution < 1.29 is 4.74 Å². The third kappa shape index (κ3) is 3.72. The van der Waals surface area contributed by atoms with Crippen molar-refractivity contribution in [1.29, 1.82) is 0 Å². The zero-order valence-corrected chi connectivity index (χ0v) is 18.9. The highest BCUT2D eigenvalue weighted by atomic mass is 35.5. The van der Waals surface area contributed by atoms with Crippen LogP contribution in [0.1, 0.15) is 23.5 Å². The molecular weight excluding hydrogens is 440 g/mol. The van der Waals surface area contributed by atoms with E-state index in [9.17, 15) is 0 Å². The van der Waals surface area contributed by atoms with Gasteiger partial charge in [-0.05, 0) is 85.0 Å². The quantitative estimate of drug-likeness (QED) is 0.386. The van der Waals surface area contributed by atoms with Crippen LogP contribution in [-0.2, 0) is 0 Å². The van der Waals surface area contributed by atoms with Crippen molar-refractivity contribution in [2.75, 3.05) is 12.0 Å². The topological polar surface area (TPSA) is 42.3 Å². The molecule has 1 N–H and O–H groups in total. The van der Waals surface area contributed by atoms with Gasteiger partial charge >= 0.3 is 0 Å². The van der Waals surface area contributed by atoms with Crippen molar-refractivity contribution in [3.63, 3.8) is 0 Å². The van der Waals surface area contributed by atoms with E-state index in [1.54, 1.807) is 7.11 Å². The maximum absolute atomic E-state index is 6.15. The van der Waals surface area contributed by atoms with Gasteiger partial charge in [0.1, 0.15) is 11.8 Å². The largest absolute Gasteiger partial charge is 0.497 e. The Morgan fingerprint density at radius 1 is 0.938 bits per heavy atom. The van der Waals surface area contributed by atoms with Gasteiger partial charge in [-0.2, -0.15) is 0 Å². The van der Waals surface area contributed by atoms with Crippen molar-refractivity contribution in [3.05, 3.63) is 108 Å². The highest BCUT2D eigenvalue weighted by molar-refractivity contribution is 7.80. The summed E-state index contributed by atoms with van der Waals surface area (Å²) in [5.41, 5.74) is 4.03. The molecule has 1 fully saturated rings. The lowest BCUT2D eigenvalue weighted by molar-refractivity contribution is 0.414. The molecule has 7 heteroatoms. The normalized spacial score (nSPS) is 17.9. The third-order valence-electron chi connectivity index (χ3n) is 5.64. The molecular formula is C25H21ClN4OS. The summed E-state index contributed by atoms with van der Waals surface area (Å²) in [6.45, 7) is 0. The number of benzene rings is 2. The molecule has 160 valence electrons. The summed E-state index contributed by atoms with van der Waals surface area (Å²) < 4.78 is 7.51. The Morgan fingerprint density at radius 3 is 2.38 bits per heavy atom. The van der Waals surface area contributed by atoms with Crippen molar-refractivity contribution in [2.45, 2.75) is 12.1 Å². The number of ether oxygens (including phenoxy) is 1. The van der Waals surface area contributed by atoms with Crippen molar-refractivity contribution in [1.82, 2.24) is 14.9 Å². The second-order valence-electron chi connectivity index (χ2n) is 7.47. The van der Waals surface area contributed by atoms with Gasteiger partial charge in [-0.1, -0.05) is 17.7 Å². The Kier molecular flexibility index (Phi) is 5.55. The number of nitrogens with one attached hydrogen (secondary N) is 1. The number of rotatable bonds is 5. The van der Waals surface area contributed by atoms with Crippen LogP contribution in [0.4, 0.5) is 5.69 Å². The second-order valence-corrected chi connectivity index (χ2v) is 8.30. The molecule has 1 aliphatic heterocycles. The zero-order chi connectivity index (χ0) is 22.1. The van der Waals surface area contributed by atoms with E-state index in [4.69, 9.17) is 28.6 Å². The van der Waals surface area contributed by atoms with Gasteiger partial charge in [-0.15, -0.1) is 0 Å². The first kappa shape index (κ1) is 20.5. The van der Waals surface area contributed by atoms with Crippen LogP contribution in [0.5, 0.6) is 5.75 Å². The van der Waals surface area contributed by atoms with E-state index in [1.807, 2.05) is 72.9 Å². The van der Waals surface area contributed by atoms with Crippen LogP contribution in [0.3, 0.4) is 0 Å². The molecule has 0 bridgehead atoms. The molecule has 1 aliphatic rings. The van der Waals surface area contributed by atoms with Crippen LogP contribution in [0.15, 0.2) is 91.3 Å². The first-order valence-corrected chi connectivity index (χ1v) is 11.0. The molecule has 1 saturated heterocycles. The van der Waals surface area contributed by atoms with E-state index >= 15 is 0 Å². The summed E-state index contributed by atoms with van der Waals surface area (Å²) >= 11 is 12.0. The SMILES string of the molecule is COc1ccc(-n2cccc2[C@@H]2[C@@H](c3ccccn3)NC(=S)N2c2ccc(Cl)cc2)cc1. The van der Waals surface area contributed by atoms with Crippen LogP contribution >= 0.6 is 23.8 Å². The Labute approximate surface area is 197 Å². The van der Waals surface area contributed by atoms with E-state index in [2.05, 4.69) is 38.1 Å². The smallest absolute Gasteiger partial charge is 0.174 e. The van der Waals surface area contributed by atoms with Crippen LogP contribution in [0.2, 0.25) is 5.02 Å². The van der Waals surface area contributed by atoms with Gasteiger partial charge in [0.05, 0.1) is 18.8 Å². The Bertz CT molecular complexity index is 1230. The Hall–Kier alpha value is -3.35. The van der Waals surface area contributed by atoms with Gasteiger partial charge in [0.15, 0.2) is 5.11 Å². The average Bonchev–Trinajstić information content (AvgIpc) is 3.44. The predicted octanol–water partition coefficient (Wildman–Crippen LogP) is 5.71. The third-order valence-corrected chi connectivity index (χ3v) is 6.20. The number of thiocarbonyl (C=S) groups is 1. The second kappa shape index (κ2) is 8.65. The highest BCUT2D eigenvalue weighted by Crippen LogP contribution is 2.42. The lowest BCUT2D eigenvalue weighted by Gasteiger charge is -2.29. The Balaban J connectivity index is 1.64. The molecule has 5 rings (SSSR count). The van der Waals surface area contributed by atoms with Gasteiger partial charge in [-0.3, -0.25) is 4.98 Å². The molecule has 0 radical (unpaired) electrons. The molecule has 32 heavy (non-hydrogen) atoms. The van der Waals surface area contributed by atoms with E-state index in [1.165, 1.54) is 0 Å². The van der Waals surface area contributed by atoms with Gasteiger partial charge in [-0.25, -0.2) is 0 Å². The first-order valence-electron chi connectivity index (χ1n) is 10.2. The highest BCUT2D eigenvalue weighted by Gasteiger charge is 2.42. The molecule has 0 aliphatic carbocycles. The fraction of sp³-hybridized carbons (Fsp3) is 0.120. The molecule has 2 atom stereocenters. The van der Waals surface area contributed by atoms with Gasteiger partial charge in [0.25, 0.3) is 0 Å². The fourth-order valence-corrected chi connectivity index (χ4v) is 4.62. The van der Waals surface area contributed by atoms with Crippen molar-refractivity contribution >= 4 is 34.6 Å². The molecule has 0 amide bonds. The van der Waals surface area contributed by atoms with Crippen LogP contribution < -0.4 is 15.0 Å². The zero-order valence-electron chi connectivity index (χ0n) is 17.4. The summed E-state index contributed by atoms with van der Waals surface area (Å²) in [4.78, 5) is 6.77. The van der Waals surface area contributed by atoms with Crippen LogP contribution in [-0.4, -0.2) is 21.8 Å². The minimum atomic E-state index is -0.119. The standard InChI is InChI=1S/C25H21ClN4OS/c1-31-20-13-11-18(12-14-20)29-16-4-6-22(29)24-23(21-5-2-3-15-27-21)28-25(32)30(24)19-9-7-17(26)8-10-19/h2-16,23-24H,1H3,(H,28,32)/t23-,24-/m1/s1. The maximum atomic E-state index is 6.15. The molecule has 4 aromatic rings. The number of aromatic nitrogens is 2. The van der Waals surface area contributed by atoms with Gasteiger partial charge in [0.2, 0.25) is 0 Å². The molecule has 2 aromatic heterocycles. The van der Waals surface area contributed by atoms with Crippen LogP contribution in [0.25, 0.3) is 5.69 Å². The minimum Gasteiger partial charge on any atom is -0.497 e. The van der Waals surface area contributed by atoms with E-state index in [-0.39, 0.29) is 12.1 Å². The lowest BCUT2D eigenvalue weighted by atomic mass is 10.0. The summed E-state index contributed by atoms with van der Waals surface area (Å²) in [5.74, 6) is 0.820. The lowest BCUT2D eigenvalue weighted by Crippen LogP contribution is -2.30. The first-order chi connectivity index (χ1) is 15.7. The number of methoxy groups -OCH3 is 1. The molecule has 0 spiro atoms. The molecule has 0 unspecified atom stereocenters. The number of hydrogen-bond acceptors (Lipinski definition) is 3. The number of nitrogens with zero attached hydrogens (tertiary/aromatic N) is 3.